The van der Waals surface area contributed by atoms with E-state index in [-0.39, 0.29) is 40.6 Å². The van der Waals surface area contributed by atoms with Crippen LogP contribution < -0.4 is 15.1 Å². The van der Waals surface area contributed by atoms with Gasteiger partial charge in [0.15, 0.2) is 11.5 Å². The van der Waals surface area contributed by atoms with Gasteiger partial charge in [0, 0.05) is 15.4 Å². The fourth-order valence-electron chi connectivity index (χ4n) is 8.99. The summed E-state index contributed by atoms with van der Waals surface area (Å²) in [6.07, 6.45) is 3.89. The average molecular weight is 876 g/mol. The monoisotopic (exact) mass is 873 g/mol. The van der Waals surface area contributed by atoms with E-state index in [1.807, 2.05) is 6.08 Å². The van der Waals surface area contributed by atoms with E-state index >= 15 is 4.79 Å². The fraction of sp³-hybridized carbons (Fsp3) is 0.220. The van der Waals surface area contributed by atoms with Crippen LogP contribution >= 0.6 is 43.5 Å². The molecule has 4 aromatic rings. The number of fused-ring (bicyclic) bond motifs is 4. The number of amides is 4. The van der Waals surface area contributed by atoms with Gasteiger partial charge in [-0.25, -0.2) is 4.39 Å². The second kappa shape index (κ2) is 13.5. The molecule has 2 aliphatic carbocycles. The number of nitrogens with zero attached hydrogens (tertiary/aromatic N) is 2. The van der Waals surface area contributed by atoms with Gasteiger partial charge in [-0.1, -0.05) is 60.2 Å². The molecule has 2 heterocycles. The SMILES string of the molecule is C=Cc1ccc(N2C(=O)C3CC=C4C(CC5C(=O)N(Nc6ccc(F)cc6)C(=O)C5(c5ccc(Cl)cc5)C4c4cc(OC)c(O)c(Br)c4Br)C3C2=O)cc1. The predicted molar refractivity (Wildman–Crippen MR) is 208 cm³/mol. The molecule has 13 heteroatoms. The van der Waals surface area contributed by atoms with E-state index in [9.17, 15) is 23.9 Å². The number of rotatable bonds is 7. The van der Waals surface area contributed by atoms with E-state index in [0.717, 1.165) is 10.6 Å². The van der Waals surface area contributed by atoms with Crippen LogP contribution in [-0.2, 0) is 24.6 Å². The van der Waals surface area contributed by atoms with E-state index in [1.54, 1.807) is 60.7 Å². The summed E-state index contributed by atoms with van der Waals surface area (Å²) in [5, 5.41) is 12.4. The molecule has 9 nitrogen and oxygen atoms in total. The number of halogens is 4. The van der Waals surface area contributed by atoms with Crippen molar-refractivity contribution in [3.05, 3.63) is 134 Å². The number of methoxy groups -OCH3 is 1. The Kier molecular flexibility index (Phi) is 9.06. The minimum Gasteiger partial charge on any atom is -0.503 e. The van der Waals surface area contributed by atoms with Crippen molar-refractivity contribution in [1.82, 2.24) is 5.01 Å². The maximum absolute atomic E-state index is 15.4. The Morgan fingerprint density at radius 2 is 1.63 bits per heavy atom. The quantitative estimate of drug-likeness (QED) is 0.141. The van der Waals surface area contributed by atoms with Crippen LogP contribution in [-0.4, -0.2) is 40.9 Å². The first kappa shape index (κ1) is 36.2. The molecule has 3 fully saturated rings. The highest BCUT2D eigenvalue weighted by Crippen LogP contribution is 2.65. The minimum atomic E-state index is -1.63. The molecule has 0 spiro atoms. The molecule has 0 radical (unpaired) electrons. The number of benzene rings is 4. The summed E-state index contributed by atoms with van der Waals surface area (Å²) in [5.41, 5.74) is 4.60. The summed E-state index contributed by atoms with van der Waals surface area (Å²) >= 11 is 13.6. The first-order chi connectivity index (χ1) is 25.9. The third kappa shape index (κ3) is 5.28. The van der Waals surface area contributed by atoms with Crippen molar-refractivity contribution in [1.29, 1.82) is 0 Å². The summed E-state index contributed by atoms with van der Waals surface area (Å²) < 4.78 is 20.2. The first-order valence-corrected chi connectivity index (χ1v) is 19.1. The number of aromatic hydroxyl groups is 1. The molecule has 2 aliphatic heterocycles. The van der Waals surface area contributed by atoms with Crippen LogP contribution in [0, 0.1) is 29.5 Å². The fourth-order valence-corrected chi connectivity index (χ4v) is 10.1. The third-order valence-corrected chi connectivity index (χ3v) is 13.8. The standard InChI is InChI=1S/C41H31Br2ClFN3O6/c1-3-20-4-14-25(15-5-20)47-37(50)27-17-16-26-28(32(27)39(47)52)18-30-38(51)48(46-24-12-10-23(45)11-13-24)40(53)41(30,21-6-8-22(44)9-7-21)33(26)29-19-31(54-2)36(49)35(43)34(29)42/h3-16,19,27-28,30,32-33,46,49H,1,17-18H2,2H3. The molecule has 6 unspecified atom stereocenters. The highest BCUT2D eigenvalue weighted by atomic mass is 79.9. The Morgan fingerprint density at radius 3 is 2.28 bits per heavy atom. The lowest BCUT2D eigenvalue weighted by atomic mass is 9.49. The zero-order valence-electron chi connectivity index (χ0n) is 28.6. The molecule has 54 heavy (non-hydrogen) atoms. The van der Waals surface area contributed by atoms with E-state index in [4.69, 9.17) is 16.3 Å². The molecular weight excluding hydrogens is 845 g/mol. The number of allylic oxidation sites excluding steroid dienone is 2. The number of hydrogen-bond donors (Lipinski definition) is 2. The summed E-state index contributed by atoms with van der Waals surface area (Å²) in [6, 6.07) is 20.7. The number of ether oxygens (including phenoxy) is 1. The van der Waals surface area contributed by atoms with Crippen molar-refractivity contribution in [2.24, 2.45) is 23.7 Å². The number of hydrazine groups is 1. The van der Waals surface area contributed by atoms with Gasteiger partial charge in [0.2, 0.25) is 11.8 Å². The lowest BCUT2D eigenvalue weighted by Crippen LogP contribution is -2.53. The smallest absolute Gasteiger partial charge is 0.260 e. The predicted octanol–water partition coefficient (Wildman–Crippen LogP) is 8.55. The van der Waals surface area contributed by atoms with Crippen molar-refractivity contribution in [3.8, 4) is 11.5 Å². The zero-order chi connectivity index (χ0) is 38.2. The number of phenols is 1. The van der Waals surface area contributed by atoms with Crippen molar-refractivity contribution < 1.29 is 33.4 Å². The third-order valence-electron chi connectivity index (χ3n) is 11.3. The maximum atomic E-state index is 15.4. The molecule has 4 aromatic carbocycles. The van der Waals surface area contributed by atoms with E-state index in [1.165, 1.54) is 36.3 Å². The number of phenolic OH excluding ortho intramolecular Hbond substituents is 1. The number of anilines is 2. The summed E-state index contributed by atoms with van der Waals surface area (Å²) in [4.78, 5) is 60.2. The first-order valence-electron chi connectivity index (χ1n) is 17.1. The van der Waals surface area contributed by atoms with Gasteiger partial charge in [0.1, 0.15) is 5.82 Å². The number of imide groups is 2. The molecule has 0 aromatic heterocycles. The topological polar surface area (TPSA) is 116 Å². The van der Waals surface area contributed by atoms with Gasteiger partial charge in [-0.05, 0) is 122 Å². The van der Waals surface area contributed by atoms with Crippen LogP contribution in [0.15, 0.2) is 106 Å². The van der Waals surface area contributed by atoms with E-state index < -0.39 is 52.6 Å². The number of nitrogens with one attached hydrogen (secondary N) is 1. The highest BCUT2D eigenvalue weighted by molar-refractivity contribution is 9.13. The molecule has 2 N–H and O–H groups in total. The number of hydrogen-bond acceptors (Lipinski definition) is 7. The maximum Gasteiger partial charge on any atom is 0.260 e. The van der Waals surface area contributed by atoms with Crippen molar-refractivity contribution in [2.75, 3.05) is 17.4 Å². The minimum absolute atomic E-state index is 0.0641. The van der Waals surface area contributed by atoms with Crippen LogP contribution in [0.1, 0.15) is 35.4 Å². The Hall–Kier alpha value is -4.78. The number of carbonyl (C=O) groups excluding carboxylic acids is 4. The Balaban J connectivity index is 1.36. The van der Waals surface area contributed by atoms with Gasteiger partial charge in [0.25, 0.3) is 11.8 Å². The van der Waals surface area contributed by atoms with Crippen LogP contribution in [0.2, 0.25) is 5.02 Å². The Morgan fingerprint density at radius 1 is 0.944 bits per heavy atom. The van der Waals surface area contributed by atoms with Gasteiger partial charge < -0.3 is 9.84 Å². The van der Waals surface area contributed by atoms with Gasteiger partial charge in [0.05, 0.1) is 46.1 Å². The summed E-state index contributed by atoms with van der Waals surface area (Å²) in [6.45, 7) is 3.79. The van der Waals surface area contributed by atoms with Gasteiger partial charge in [-0.3, -0.25) is 29.5 Å². The van der Waals surface area contributed by atoms with Crippen LogP contribution in [0.5, 0.6) is 11.5 Å². The van der Waals surface area contributed by atoms with Gasteiger partial charge >= 0.3 is 0 Å². The van der Waals surface area contributed by atoms with Crippen LogP contribution in [0.4, 0.5) is 15.8 Å². The van der Waals surface area contributed by atoms with Crippen molar-refractivity contribution >= 4 is 84.5 Å². The normalized spacial score (nSPS) is 25.9. The van der Waals surface area contributed by atoms with Crippen molar-refractivity contribution in [2.45, 2.75) is 24.2 Å². The largest absolute Gasteiger partial charge is 0.503 e. The highest BCUT2D eigenvalue weighted by Gasteiger charge is 2.70. The molecule has 0 bridgehead atoms. The molecule has 6 atom stereocenters. The molecule has 8 rings (SSSR count). The molecule has 4 aliphatic rings. The Labute approximate surface area is 331 Å². The molecule has 2 saturated heterocycles. The number of carbonyl (C=O) groups is 4. The lowest BCUT2D eigenvalue weighted by molar-refractivity contribution is -0.138. The van der Waals surface area contributed by atoms with Gasteiger partial charge in [-0.15, -0.1) is 0 Å². The van der Waals surface area contributed by atoms with Crippen LogP contribution in [0.3, 0.4) is 0 Å². The second-order valence-corrected chi connectivity index (χ2v) is 15.8. The van der Waals surface area contributed by atoms with Gasteiger partial charge in [-0.2, -0.15) is 5.01 Å². The molecule has 274 valence electrons. The van der Waals surface area contributed by atoms with E-state index in [2.05, 4.69) is 43.9 Å². The summed E-state index contributed by atoms with van der Waals surface area (Å²) in [7, 11) is 1.41. The second-order valence-electron chi connectivity index (χ2n) is 13.8. The zero-order valence-corrected chi connectivity index (χ0v) is 32.5. The average Bonchev–Trinajstić information content (AvgIpc) is 3.56. The van der Waals surface area contributed by atoms with Crippen LogP contribution in [0.25, 0.3) is 6.08 Å². The molecule has 4 amide bonds. The van der Waals surface area contributed by atoms with E-state index in [0.29, 0.717) is 37.6 Å². The Bertz CT molecular complexity index is 2300. The molecule has 1 saturated carbocycles. The molecular formula is C41H31Br2ClFN3O6. The lowest BCUT2D eigenvalue weighted by Gasteiger charge is -2.51. The van der Waals surface area contributed by atoms with Crippen molar-refractivity contribution in [3.63, 3.8) is 0 Å². The summed E-state index contributed by atoms with van der Waals surface area (Å²) in [5.74, 6) is -6.56.